The van der Waals surface area contributed by atoms with Crippen molar-refractivity contribution in [2.24, 2.45) is 34.5 Å². The maximum Gasteiger partial charge on any atom is 0.306 e. The maximum absolute atomic E-state index is 13.0. The van der Waals surface area contributed by atoms with Gasteiger partial charge in [0.15, 0.2) is 11.6 Å². The number of fused-ring (bicyclic) bond motifs is 3. The third-order valence-electron chi connectivity index (χ3n) is 9.54. The van der Waals surface area contributed by atoms with E-state index in [0.717, 1.165) is 45.1 Å². The van der Waals surface area contributed by atoms with Gasteiger partial charge in [-0.3, -0.25) is 19.2 Å². The number of esters is 1. The fraction of sp³-hybridized carbons (Fsp3) is 0.760. The molecule has 0 aromatic heterocycles. The van der Waals surface area contributed by atoms with Crippen LogP contribution in [-0.4, -0.2) is 47.9 Å². The fourth-order valence-electron chi connectivity index (χ4n) is 8.10. The Bertz CT molecular complexity index is 891. The highest BCUT2D eigenvalue weighted by Crippen LogP contribution is 2.68. The summed E-state index contributed by atoms with van der Waals surface area (Å²) in [5.74, 6) is -0.149. The maximum atomic E-state index is 13.0. The lowest BCUT2D eigenvalue weighted by molar-refractivity contribution is -0.152. The minimum atomic E-state index is -1.05. The summed E-state index contributed by atoms with van der Waals surface area (Å²) in [4.78, 5) is 47.5. The van der Waals surface area contributed by atoms with Gasteiger partial charge in [0.25, 0.3) is 0 Å². The summed E-state index contributed by atoms with van der Waals surface area (Å²) < 4.78 is 11.3. The number of ether oxygens (including phenoxy) is 2. The summed E-state index contributed by atoms with van der Waals surface area (Å²) in [6.07, 6.45) is 7.71. The van der Waals surface area contributed by atoms with Crippen molar-refractivity contribution in [3.8, 4) is 0 Å². The van der Waals surface area contributed by atoms with Crippen LogP contribution in [0.2, 0.25) is 0 Å². The van der Waals surface area contributed by atoms with Gasteiger partial charge >= 0.3 is 11.9 Å². The van der Waals surface area contributed by atoms with Gasteiger partial charge in [-0.2, -0.15) is 0 Å². The van der Waals surface area contributed by atoms with E-state index in [4.69, 9.17) is 14.6 Å². The van der Waals surface area contributed by atoms with Gasteiger partial charge in [0.2, 0.25) is 0 Å². The molecule has 0 aromatic carbocycles. The van der Waals surface area contributed by atoms with E-state index in [9.17, 15) is 19.2 Å². The van der Waals surface area contributed by atoms with Gasteiger partial charge < -0.3 is 14.6 Å². The fourth-order valence-corrected chi connectivity index (χ4v) is 8.10. The summed E-state index contributed by atoms with van der Waals surface area (Å²) in [6.45, 7) is 2.71. The lowest BCUT2D eigenvalue weighted by Crippen LogP contribution is -2.53. The van der Waals surface area contributed by atoms with E-state index < -0.39 is 11.9 Å². The number of carbonyl (C=O) groups excluding carboxylic acids is 3. The van der Waals surface area contributed by atoms with Gasteiger partial charge in [0.05, 0.1) is 25.6 Å². The molecule has 0 amide bonds. The van der Waals surface area contributed by atoms with Crippen LogP contribution in [0.3, 0.4) is 0 Å². The van der Waals surface area contributed by atoms with Crippen molar-refractivity contribution in [2.45, 2.75) is 70.8 Å². The standard InChI is InChI=1S/C25H32O7/c1-24-8-7-17-15(11-21-19-10-14(26)6-9-25(17,19)13-32-21)16(24)2-3-18(24)20(27)12-31-23(30)5-4-22(28)29/h10,15-18,21H,2-9,11-13H2,1H3,(H,28,29)/t15?,16?,17?,18-,21?,24+,25+/m1/s1. The first-order valence-electron chi connectivity index (χ1n) is 12.0. The predicted molar refractivity (Wildman–Crippen MR) is 112 cm³/mol. The quantitative estimate of drug-likeness (QED) is 0.627. The molecular weight excluding hydrogens is 412 g/mol. The Morgan fingerprint density at radius 2 is 1.97 bits per heavy atom. The zero-order valence-corrected chi connectivity index (χ0v) is 18.6. The van der Waals surface area contributed by atoms with Crippen LogP contribution in [0.15, 0.2) is 11.6 Å². The van der Waals surface area contributed by atoms with Gasteiger partial charge in [0.1, 0.15) is 6.61 Å². The van der Waals surface area contributed by atoms with E-state index in [2.05, 4.69) is 6.92 Å². The zero-order valence-electron chi connectivity index (χ0n) is 18.6. The number of hydrogen-bond acceptors (Lipinski definition) is 6. The normalized spacial score (nSPS) is 41.8. The Morgan fingerprint density at radius 1 is 1.16 bits per heavy atom. The number of carboxylic acids is 1. The molecule has 1 N–H and O–H groups in total. The summed E-state index contributed by atoms with van der Waals surface area (Å²) in [5.41, 5.74) is 1.16. The van der Waals surface area contributed by atoms with Gasteiger partial charge in [-0.25, -0.2) is 0 Å². The molecule has 4 unspecified atom stereocenters. The monoisotopic (exact) mass is 444 g/mol. The molecule has 7 heteroatoms. The van der Waals surface area contributed by atoms with Crippen LogP contribution in [0.1, 0.15) is 64.7 Å². The third kappa shape index (κ3) is 3.27. The number of rotatable bonds is 6. The van der Waals surface area contributed by atoms with Crippen molar-refractivity contribution in [3.05, 3.63) is 11.6 Å². The third-order valence-corrected chi connectivity index (χ3v) is 9.54. The molecule has 5 rings (SSSR count). The van der Waals surface area contributed by atoms with Crippen LogP contribution in [0.4, 0.5) is 0 Å². The van der Waals surface area contributed by atoms with Crippen LogP contribution >= 0.6 is 0 Å². The highest BCUT2D eigenvalue weighted by atomic mass is 16.5. The molecule has 4 fully saturated rings. The molecule has 5 aliphatic rings. The number of carboxylic acid groups (broad SMARTS) is 1. The first kappa shape index (κ1) is 21.8. The Labute approximate surface area is 187 Å². The number of carbonyl (C=O) groups is 4. The lowest BCUT2D eigenvalue weighted by Gasteiger charge is -2.56. The molecule has 0 aromatic rings. The van der Waals surface area contributed by atoms with Gasteiger partial charge in [0, 0.05) is 17.8 Å². The SMILES string of the molecule is C[C@]12CCC3C(CC4OC[C@@]35CCC(=O)C=C45)C1CC[C@@H]2C(=O)COC(=O)CCC(=O)O. The van der Waals surface area contributed by atoms with Crippen LogP contribution in [0.5, 0.6) is 0 Å². The number of ketones is 2. The Kier molecular flexibility index (Phi) is 5.31. The van der Waals surface area contributed by atoms with Crippen molar-refractivity contribution in [1.82, 2.24) is 0 Å². The van der Waals surface area contributed by atoms with E-state index in [0.29, 0.717) is 24.2 Å². The average Bonchev–Trinajstić information content (AvgIpc) is 3.24. The first-order chi connectivity index (χ1) is 15.2. The predicted octanol–water partition coefficient (Wildman–Crippen LogP) is 3.10. The lowest BCUT2D eigenvalue weighted by atomic mass is 9.46. The minimum absolute atomic E-state index is 0.0184. The summed E-state index contributed by atoms with van der Waals surface area (Å²) in [5, 5.41) is 8.69. The van der Waals surface area contributed by atoms with E-state index in [1.165, 1.54) is 5.57 Å². The second-order valence-electron chi connectivity index (χ2n) is 10.8. The van der Waals surface area contributed by atoms with Crippen molar-refractivity contribution in [2.75, 3.05) is 13.2 Å². The largest absolute Gasteiger partial charge is 0.481 e. The Morgan fingerprint density at radius 3 is 2.75 bits per heavy atom. The van der Waals surface area contributed by atoms with Gasteiger partial charge in [-0.1, -0.05) is 6.92 Å². The topological polar surface area (TPSA) is 107 Å². The van der Waals surface area contributed by atoms with Gasteiger partial charge in [-0.05, 0) is 73.3 Å². The minimum Gasteiger partial charge on any atom is -0.481 e. The van der Waals surface area contributed by atoms with E-state index in [-0.39, 0.29) is 53.9 Å². The van der Waals surface area contributed by atoms with Crippen LogP contribution in [0, 0.1) is 34.5 Å². The Balaban J connectivity index is 1.29. The molecule has 4 aliphatic carbocycles. The molecule has 7 atom stereocenters. The summed E-state index contributed by atoms with van der Waals surface area (Å²) in [7, 11) is 0. The van der Waals surface area contributed by atoms with E-state index in [1.54, 1.807) is 0 Å². The second-order valence-corrected chi connectivity index (χ2v) is 10.8. The van der Waals surface area contributed by atoms with E-state index >= 15 is 0 Å². The van der Waals surface area contributed by atoms with Crippen molar-refractivity contribution >= 4 is 23.5 Å². The molecule has 0 spiro atoms. The number of hydrogen-bond donors (Lipinski definition) is 1. The summed E-state index contributed by atoms with van der Waals surface area (Å²) >= 11 is 0. The molecule has 174 valence electrons. The summed E-state index contributed by atoms with van der Waals surface area (Å²) in [6, 6.07) is 0. The van der Waals surface area contributed by atoms with E-state index in [1.807, 2.05) is 6.08 Å². The molecule has 1 heterocycles. The van der Waals surface area contributed by atoms with Crippen molar-refractivity contribution in [1.29, 1.82) is 0 Å². The molecule has 1 saturated heterocycles. The van der Waals surface area contributed by atoms with Crippen LogP contribution in [0.25, 0.3) is 0 Å². The van der Waals surface area contributed by atoms with Gasteiger partial charge in [-0.15, -0.1) is 0 Å². The van der Waals surface area contributed by atoms with Crippen molar-refractivity contribution < 1.29 is 33.8 Å². The van der Waals surface area contributed by atoms with Crippen molar-refractivity contribution in [3.63, 3.8) is 0 Å². The van der Waals surface area contributed by atoms with Crippen LogP contribution in [-0.2, 0) is 28.7 Å². The second kappa shape index (κ2) is 7.79. The molecular formula is C25H32O7. The highest BCUT2D eigenvalue weighted by molar-refractivity contribution is 5.92. The number of Topliss-reactive ketones (excluding diaryl/α,β-unsaturated/α-hetero) is 1. The average molecular weight is 445 g/mol. The number of aliphatic carboxylic acids is 1. The molecule has 2 bridgehead atoms. The smallest absolute Gasteiger partial charge is 0.306 e. The Hall–Kier alpha value is -2.02. The zero-order chi connectivity index (χ0) is 22.7. The van der Waals surface area contributed by atoms with Crippen LogP contribution < -0.4 is 0 Å². The molecule has 7 nitrogen and oxygen atoms in total. The molecule has 3 saturated carbocycles. The molecule has 0 radical (unpaired) electrons. The first-order valence-corrected chi connectivity index (χ1v) is 12.0. The highest BCUT2D eigenvalue weighted by Gasteiger charge is 2.65. The molecule has 1 aliphatic heterocycles. The molecule has 32 heavy (non-hydrogen) atoms.